The Morgan fingerprint density at radius 1 is 1.09 bits per heavy atom. The lowest BCUT2D eigenvalue weighted by atomic mass is 10.1. The van der Waals surface area contributed by atoms with E-state index in [2.05, 4.69) is 10.6 Å². The van der Waals surface area contributed by atoms with E-state index in [1.807, 2.05) is 6.07 Å². The summed E-state index contributed by atoms with van der Waals surface area (Å²) in [5, 5.41) is 14.5. The van der Waals surface area contributed by atoms with Crippen LogP contribution in [0.2, 0.25) is 0 Å². The topological polar surface area (TPSA) is 82.0 Å². The van der Waals surface area contributed by atoms with Crippen molar-refractivity contribution in [3.05, 3.63) is 29.8 Å². The van der Waals surface area contributed by atoms with Gasteiger partial charge in [-0.05, 0) is 25.0 Å². The van der Waals surface area contributed by atoms with E-state index in [1.54, 1.807) is 24.3 Å². The van der Waals surface area contributed by atoms with Crippen LogP contribution in [0.3, 0.4) is 0 Å². The average Bonchev–Trinajstić information content (AvgIpc) is 2.76. The molecule has 5 nitrogen and oxygen atoms in total. The molecule has 5 heteroatoms. The van der Waals surface area contributed by atoms with E-state index in [0.717, 1.165) is 25.7 Å². The zero-order valence-corrected chi connectivity index (χ0v) is 12.6. The minimum atomic E-state index is -0.395. The quantitative estimate of drug-likeness (QED) is 0.662. The lowest BCUT2D eigenvalue weighted by molar-refractivity contribution is -0.127. The number of anilines is 1. The predicted octanol–water partition coefficient (Wildman–Crippen LogP) is 2.73. The van der Waals surface area contributed by atoms with Gasteiger partial charge >= 0.3 is 0 Å². The molecule has 1 aliphatic carbocycles. The van der Waals surface area contributed by atoms with E-state index < -0.39 is 5.91 Å². The Labute approximate surface area is 130 Å². The van der Waals surface area contributed by atoms with Crippen LogP contribution < -0.4 is 10.6 Å². The van der Waals surface area contributed by atoms with Crippen LogP contribution in [0.15, 0.2) is 24.3 Å². The second-order valence-electron chi connectivity index (χ2n) is 5.64. The summed E-state index contributed by atoms with van der Waals surface area (Å²) >= 11 is 0. The largest absolute Gasteiger partial charge is 0.353 e. The Hall–Kier alpha value is -2.35. The number of amides is 2. The highest BCUT2D eigenvalue weighted by Crippen LogP contribution is 2.17. The van der Waals surface area contributed by atoms with Crippen LogP contribution in [0.4, 0.5) is 5.69 Å². The molecular weight excluding hydrogens is 278 g/mol. The minimum absolute atomic E-state index is 0.189. The summed E-state index contributed by atoms with van der Waals surface area (Å²) in [7, 11) is 0. The first-order valence-corrected chi connectivity index (χ1v) is 7.77. The van der Waals surface area contributed by atoms with Crippen molar-refractivity contribution in [2.24, 2.45) is 0 Å². The van der Waals surface area contributed by atoms with Crippen LogP contribution in [-0.2, 0) is 9.59 Å². The van der Waals surface area contributed by atoms with Gasteiger partial charge in [-0.2, -0.15) is 5.26 Å². The van der Waals surface area contributed by atoms with Gasteiger partial charge in [-0.15, -0.1) is 0 Å². The molecule has 0 unspecified atom stereocenters. The fraction of sp³-hybridized carbons (Fsp3) is 0.471. The molecule has 0 spiro atoms. The average molecular weight is 299 g/mol. The first-order valence-electron chi connectivity index (χ1n) is 7.77. The van der Waals surface area contributed by atoms with Crippen LogP contribution in [0, 0.1) is 11.3 Å². The van der Waals surface area contributed by atoms with Gasteiger partial charge in [0.15, 0.2) is 0 Å². The molecule has 2 amide bonds. The van der Waals surface area contributed by atoms with Gasteiger partial charge in [0.2, 0.25) is 11.8 Å². The van der Waals surface area contributed by atoms with Gasteiger partial charge in [0.05, 0.1) is 11.3 Å². The number of rotatable bonds is 4. The normalized spacial score (nSPS) is 15.4. The monoisotopic (exact) mass is 299 g/mol. The second kappa shape index (κ2) is 8.18. The van der Waals surface area contributed by atoms with Gasteiger partial charge in [-0.1, -0.05) is 37.8 Å². The smallest absolute Gasteiger partial charge is 0.233 e. The van der Waals surface area contributed by atoms with Gasteiger partial charge in [0.25, 0.3) is 0 Å². The molecule has 1 aromatic carbocycles. The van der Waals surface area contributed by atoms with Gasteiger partial charge in [-0.3, -0.25) is 9.59 Å². The van der Waals surface area contributed by atoms with Gasteiger partial charge < -0.3 is 10.6 Å². The zero-order chi connectivity index (χ0) is 15.8. The summed E-state index contributed by atoms with van der Waals surface area (Å²) in [6.07, 6.45) is 6.47. The summed E-state index contributed by atoms with van der Waals surface area (Å²) in [5.41, 5.74) is 0.831. The van der Waals surface area contributed by atoms with Gasteiger partial charge in [0, 0.05) is 6.04 Å². The molecule has 0 heterocycles. The first-order chi connectivity index (χ1) is 10.7. The van der Waals surface area contributed by atoms with Crippen LogP contribution in [0.5, 0.6) is 0 Å². The number of hydrogen-bond donors (Lipinski definition) is 2. The Balaban J connectivity index is 1.83. The number of nitrogens with zero attached hydrogens (tertiary/aromatic N) is 1. The van der Waals surface area contributed by atoms with Gasteiger partial charge in [0.1, 0.15) is 12.5 Å². The third kappa shape index (κ3) is 4.88. The standard InChI is InChI=1S/C17H21N3O2/c18-12-13-7-5-6-10-15(13)20-17(22)11-16(21)19-14-8-3-1-2-4-9-14/h5-7,10,14H,1-4,8-9,11H2,(H,19,21)(H,20,22). The summed E-state index contributed by atoms with van der Waals surface area (Å²) in [6.45, 7) is 0. The van der Waals surface area contributed by atoms with E-state index in [9.17, 15) is 9.59 Å². The summed E-state index contributed by atoms with van der Waals surface area (Å²) < 4.78 is 0. The van der Waals surface area contributed by atoms with Crippen LogP contribution in [0.25, 0.3) is 0 Å². The SMILES string of the molecule is N#Cc1ccccc1NC(=O)CC(=O)NC1CCCCCC1. The van der Waals surface area contributed by atoms with Crippen molar-refractivity contribution in [1.29, 1.82) is 5.26 Å². The Morgan fingerprint density at radius 3 is 2.45 bits per heavy atom. The number of nitrogens with one attached hydrogen (secondary N) is 2. The van der Waals surface area contributed by atoms with Crippen molar-refractivity contribution >= 4 is 17.5 Å². The number of para-hydroxylation sites is 1. The lowest BCUT2D eigenvalue weighted by Crippen LogP contribution is -2.36. The fourth-order valence-corrected chi connectivity index (χ4v) is 2.73. The second-order valence-corrected chi connectivity index (χ2v) is 5.64. The Morgan fingerprint density at radius 2 is 1.77 bits per heavy atom. The zero-order valence-electron chi connectivity index (χ0n) is 12.6. The van der Waals surface area contributed by atoms with Crippen molar-refractivity contribution < 1.29 is 9.59 Å². The molecule has 1 aliphatic rings. The van der Waals surface area contributed by atoms with E-state index in [-0.39, 0.29) is 18.4 Å². The molecule has 2 N–H and O–H groups in total. The highest BCUT2D eigenvalue weighted by Gasteiger charge is 2.17. The maximum absolute atomic E-state index is 11.9. The third-order valence-electron chi connectivity index (χ3n) is 3.86. The third-order valence-corrected chi connectivity index (χ3v) is 3.86. The van der Waals surface area contributed by atoms with Crippen LogP contribution in [-0.4, -0.2) is 17.9 Å². The molecule has 0 atom stereocenters. The van der Waals surface area contributed by atoms with E-state index in [0.29, 0.717) is 11.3 Å². The summed E-state index contributed by atoms with van der Waals surface area (Å²) in [6, 6.07) is 8.95. The number of carbonyl (C=O) groups excluding carboxylic acids is 2. The van der Waals surface area contributed by atoms with E-state index >= 15 is 0 Å². The fourth-order valence-electron chi connectivity index (χ4n) is 2.73. The molecular formula is C17H21N3O2. The highest BCUT2D eigenvalue weighted by molar-refractivity contribution is 6.04. The number of nitriles is 1. The molecule has 2 rings (SSSR count). The maximum Gasteiger partial charge on any atom is 0.233 e. The van der Waals surface area contributed by atoms with Crippen molar-refractivity contribution in [2.45, 2.75) is 51.0 Å². The molecule has 0 saturated heterocycles. The molecule has 1 saturated carbocycles. The molecule has 1 fully saturated rings. The Bertz CT molecular complexity index is 570. The Kier molecular flexibility index (Phi) is 5.96. The van der Waals surface area contributed by atoms with E-state index in [1.165, 1.54) is 12.8 Å². The minimum Gasteiger partial charge on any atom is -0.353 e. The molecule has 1 aromatic rings. The van der Waals surface area contributed by atoms with E-state index in [4.69, 9.17) is 5.26 Å². The van der Waals surface area contributed by atoms with Crippen molar-refractivity contribution in [3.8, 4) is 6.07 Å². The van der Waals surface area contributed by atoms with Gasteiger partial charge in [-0.25, -0.2) is 0 Å². The molecule has 0 radical (unpaired) electrons. The summed E-state index contributed by atoms with van der Waals surface area (Å²) in [4.78, 5) is 23.9. The molecule has 0 aromatic heterocycles. The maximum atomic E-state index is 11.9. The van der Waals surface area contributed by atoms with Crippen LogP contribution >= 0.6 is 0 Å². The molecule has 22 heavy (non-hydrogen) atoms. The van der Waals surface area contributed by atoms with Crippen molar-refractivity contribution in [1.82, 2.24) is 5.32 Å². The molecule has 0 aliphatic heterocycles. The van der Waals surface area contributed by atoms with Crippen molar-refractivity contribution in [2.75, 3.05) is 5.32 Å². The molecule has 116 valence electrons. The number of carbonyl (C=O) groups is 2. The summed E-state index contributed by atoms with van der Waals surface area (Å²) in [5.74, 6) is -0.646. The highest BCUT2D eigenvalue weighted by atomic mass is 16.2. The number of benzene rings is 1. The molecule has 0 bridgehead atoms. The number of hydrogen-bond acceptors (Lipinski definition) is 3. The lowest BCUT2D eigenvalue weighted by Gasteiger charge is -2.16. The predicted molar refractivity (Wildman–Crippen MR) is 84.0 cm³/mol. The van der Waals surface area contributed by atoms with Crippen LogP contribution in [0.1, 0.15) is 50.5 Å². The first kappa shape index (κ1) is 16.0. The van der Waals surface area contributed by atoms with Crippen molar-refractivity contribution in [3.63, 3.8) is 0 Å².